The number of aromatic nitrogens is 5. The minimum atomic E-state index is -0.883. The lowest BCUT2D eigenvalue weighted by Crippen LogP contribution is -2.11. The molecule has 0 radical (unpaired) electrons. The number of aryl methyl sites for hydroxylation is 1. The van der Waals surface area contributed by atoms with Crippen molar-refractivity contribution in [1.82, 2.24) is 24.6 Å². The molecule has 4 rings (SSSR count). The molecule has 1 atom stereocenters. The number of nitrogen functional groups attached to an aromatic ring is 1. The largest absolute Gasteiger partial charge is 0.382 e. The van der Waals surface area contributed by atoms with Gasteiger partial charge in [-0.05, 0) is 37.1 Å². The lowest BCUT2D eigenvalue weighted by Gasteiger charge is -2.18. The summed E-state index contributed by atoms with van der Waals surface area (Å²) >= 11 is 0. The third kappa shape index (κ3) is 3.58. The molecule has 1 aromatic carbocycles. The van der Waals surface area contributed by atoms with Crippen molar-refractivity contribution in [3.63, 3.8) is 0 Å². The zero-order valence-corrected chi connectivity index (χ0v) is 15.9. The van der Waals surface area contributed by atoms with E-state index in [1.54, 1.807) is 22.8 Å². The first-order valence-electron chi connectivity index (χ1n) is 9.11. The lowest BCUT2D eigenvalue weighted by atomic mass is 10.0. The average Bonchev–Trinajstić information content (AvgIpc) is 3.03. The van der Waals surface area contributed by atoms with Crippen molar-refractivity contribution in [2.45, 2.75) is 26.3 Å². The highest BCUT2D eigenvalue weighted by Crippen LogP contribution is 2.30. The Morgan fingerprint density at radius 1 is 1.14 bits per heavy atom. The van der Waals surface area contributed by atoms with Gasteiger partial charge < -0.3 is 11.1 Å². The molecule has 0 amide bonds. The summed E-state index contributed by atoms with van der Waals surface area (Å²) in [6, 6.07) is 7.18. The van der Waals surface area contributed by atoms with E-state index in [2.05, 4.69) is 25.4 Å². The molecular weight excluding hydrogens is 376 g/mol. The van der Waals surface area contributed by atoms with Gasteiger partial charge in [-0.3, -0.25) is 0 Å². The van der Waals surface area contributed by atoms with E-state index >= 15 is 0 Å². The van der Waals surface area contributed by atoms with E-state index in [9.17, 15) is 8.78 Å². The van der Waals surface area contributed by atoms with Gasteiger partial charge in [-0.25, -0.2) is 28.2 Å². The van der Waals surface area contributed by atoms with Gasteiger partial charge in [0.25, 0.3) is 0 Å². The van der Waals surface area contributed by atoms with Gasteiger partial charge in [-0.1, -0.05) is 13.0 Å². The maximum atomic E-state index is 13.6. The molecule has 0 unspecified atom stereocenters. The number of nitrogens with zero attached hydrogens (tertiary/aromatic N) is 5. The fourth-order valence-corrected chi connectivity index (χ4v) is 3.18. The van der Waals surface area contributed by atoms with Crippen LogP contribution in [-0.4, -0.2) is 24.6 Å². The van der Waals surface area contributed by atoms with Crippen LogP contribution in [-0.2, 0) is 0 Å². The first-order chi connectivity index (χ1) is 14.0. The first-order valence-corrected chi connectivity index (χ1v) is 9.11. The minimum Gasteiger partial charge on any atom is -0.382 e. The Bertz CT molecular complexity index is 1190. The van der Waals surface area contributed by atoms with Crippen LogP contribution < -0.4 is 11.1 Å². The van der Waals surface area contributed by atoms with Crippen molar-refractivity contribution < 1.29 is 8.78 Å². The Kier molecular flexibility index (Phi) is 4.79. The average molecular weight is 395 g/mol. The van der Waals surface area contributed by atoms with Crippen LogP contribution in [0.25, 0.3) is 16.9 Å². The van der Waals surface area contributed by atoms with E-state index in [1.807, 2.05) is 19.9 Å². The Labute approximate surface area is 165 Å². The Morgan fingerprint density at radius 2 is 1.97 bits per heavy atom. The highest BCUT2D eigenvalue weighted by molar-refractivity contribution is 5.85. The number of nitrogens with two attached hydrogens (primary N) is 1. The van der Waals surface area contributed by atoms with E-state index in [1.165, 1.54) is 12.4 Å². The minimum absolute atomic E-state index is 0.255. The molecule has 0 bridgehead atoms. The van der Waals surface area contributed by atoms with Gasteiger partial charge >= 0.3 is 0 Å². The topological polar surface area (TPSA) is 94.0 Å². The Morgan fingerprint density at radius 3 is 2.72 bits per heavy atom. The van der Waals surface area contributed by atoms with Crippen LogP contribution >= 0.6 is 0 Å². The molecule has 29 heavy (non-hydrogen) atoms. The third-order valence-electron chi connectivity index (χ3n) is 4.65. The molecule has 0 aliphatic heterocycles. The molecule has 0 saturated heterocycles. The summed E-state index contributed by atoms with van der Waals surface area (Å²) in [6.07, 6.45) is 3.84. The van der Waals surface area contributed by atoms with Crippen molar-refractivity contribution >= 4 is 17.3 Å². The van der Waals surface area contributed by atoms with Gasteiger partial charge in [0.15, 0.2) is 23.1 Å². The van der Waals surface area contributed by atoms with E-state index in [4.69, 9.17) is 5.73 Å². The van der Waals surface area contributed by atoms with Crippen LogP contribution in [0.1, 0.15) is 30.6 Å². The second-order valence-corrected chi connectivity index (χ2v) is 6.66. The number of rotatable bonds is 5. The highest BCUT2D eigenvalue weighted by Gasteiger charge is 2.17. The van der Waals surface area contributed by atoms with Crippen molar-refractivity contribution in [2.24, 2.45) is 0 Å². The van der Waals surface area contributed by atoms with Gasteiger partial charge in [-0.15, -0.1) is 5.10 Å². The fourth-order valence-electron chi connectivity index (χ4n) is 3.18. The number of benzene rings is 1. The SMILES string of the molecule is CC[C@H](Nc1cc(-c2c(N)nn3ccc(C)nc23)ncn1)c1ccc(F)c(F)c1. The molecule has 9 heteroatoms. The third-order valence-corrected chi connectivity index (χ3v) is 4.65. The summed E-state index contributed by atoms with van der Waals surface area (Å²) < 4.78 is 28.5. The van der Waals surface area contributed by atoms with Gasteiger partial charge in [-0.2, -0.15) is 0 Å². The Balaban J connectivity index is 1.70. The summed E-state index contributed by atoms with van der Waals surface area (Å²) in [4.78, 5) is 13.1. The fraction of sp³-hybridized carbons (Fsp3) is 0.200. The smallest absolute Gasteiger partial charge is 0.166 e. The Hall–Kier alpha value is -3.62. The van der Waals surface area contributed by atoms with Crippen molar-refractivity contribution in [3.8, 4) is 11.3 Å². The van der Waals surface area contributed by atoms with E-state index < -0.39 is 11.6 Å². The molecule has 148 valence electrons. The van der Waals surface area contributed by atoms with E-state index in [0.717, 1.165) is 11.8 Å². The summed E-state index contributed by atoms with van der Waals surface area (Å²) in [6.45, 7) is 3.82. The second kappa shape index (κ2) is 7.42. The standard InChI is InChI=1S/C20H19F2N7/c1-3-15(12-4-5-13(21)14(22)8-12)27-17-9-16(24-10-25-17)18-19(23)28-29-7-6-11(2)26-20(18)29/h4-10,15H,3H2,1-2H3,(H2,23,28)(H,24,25,27)/t15-/m0/s1. The van der Waals surface area contributed by atoms with Gasteiger partial charge in [0.05, 0.1) is 17.3 Å². The highest BCUT2D eigenvalue weighted by atomic mass is 19.2. The van der Waals surface area contributed by atoms with Crippen molar-refractivity contribution in [1.29, 1.82) is 0 Å². The predicted molar refractivity (Wildman–Crippen MR) is 106 cm³/mol. The number of anilines is 2. The molecule has 0 aliphatic rings. The van der Waals surface area contributed by atoms with Crippen LogP contribution in [0.2, 0.25) is 0 Å². The normalized spacial score (nSPS) is 12.3. The molecule has 3 heterocycles. The number of hydrogen-bond acceptors (Lipinski definition) is 6. The lowest BCUT2D eigenvalue weighted by molar-refractivity contribution is 0.505. The molecule has 0 fully saturated rings. The van der Waals surface area contributed by atoms with Crippen LogP contribution in [0, 0.1) is 18.6 Å². The summed E-state index contributed by atoms with van der Waals surface area (Å²) in [5.41, 5.74) is 9.33. The molecular formula is C20H19F2N7. The maximum absolute atomic E-state index is 13.6. The molecule has 4 aromatic rings. The molecule has 0 aliphatic carbocycles. The monoisotopic (exact) mass is 395 g/mol. The number of nitrogens with one attached hydrogen (secondary N) is 1. The first kappa shape index (κ1) is 18.7. The number of hydrogen-bond donors (Lipinski definition) is 2. The van der Waals surface area contributed by atoms with Crippen LogP contribution in [0.15, 0.2) is 42.9 Å². The summed E-state index contributed by atoms with van der Waals surface area (Å²) in [5.74, 6) is -0.927. The van der Waals surface area contributed by atoms with Crippen LogP contribution in [0.3, 0.4) is 0 Å². The second-order valence-electron chi connectivity index (χ2n) is 6.66. The molecule has 0 spiro atoms. The van der Waals surface area contributed by atoms with E-state index in [0.29, 0.717) is 40.5 Å². The molecule has 7 nitrogen and oxygen atoms in total. The summed E-state index contributed by atoms with van der Waals surface area (Å²) in [5, 5.41) is 7.52. The maximum Gasteiger partial charge on any atom is 0.166 e. The molecule has 0 saturated carbocycles. The van der Waals surface area contributed by atoms with E-state index in [-0.39, 0.29) is 6.04 Å². The quantitative estimate of drug-likeness (QED) is 0.532. The van der Waals surface area contributed by atoms with Gasteiger partial charge in [0, 0.05) is 18.0 Å². The van der Waals surface area contributed by atoms with Gasteiger partial charge in [0.1, 0.15) is 12.1 Å². The molecule has 3 N–H and O–H groups in total. The van der Waals surface area contributed by atoms with Crippen LogP contribution in [0.4, 0.5) is 20.4 Å². The van der Waals surface area contributed by atoms with Crippen LogP contribution in [0.5, 0.6) is 0 Å². The number of fused-ring (bicyclic) bond motifs is 1. The van der Waals surface area contributed by atoms with Crippen molar-refractivity contribution in [3.05, 3.63) is 65.7 Å². The van der Waals surface area contributed by atoms with Crippen molar-refractivity contribution in [2.75, 3.05) is 11.1 Å². The van der Waals surface area contributed by atoms with Gasteiger partial charge in [0.2, 0.25) is 0 Å². The summed E-state index contributed by atoms with van der Waals surface area (Å²) in [7, 11) is 0. The zero-order valence-electron chi connectivity index (χ0n) is 15.9. The number of halogens is 2. The predicted octanol–water partition coefficient (Wildman–Crippen LogP) is 3.92. The zero-order chi connectivity index (χ0) is 20.5. The molecule has 3 aromatic heterocycles.